The summed E-state index contributed by atoms with van der Waals surface area (Å²) >= 11 is 1.09. The van der Waals surface area contributed by atoms with Gasteiger partial charge in [0.15, 0.2) is 28.7 Å². The van der Waals surface area contributed by atoms with Gasteiger partial charge in [0.2, 0.25) is 5.91 Å². The van der Waals surface area contributed by atoms with E-state index in [4.69, 9.17) is 13.9 Å². The fourth-order valence-corrected chi connectivity index (χ4v) is 4.46. The number of ether oxygens (including phenoxy) is 2. The first-order valence-electron chi connectivity index (χ1n) is 11.0. The number of amides is 1. The Labute approximate surface area is 210 Å². The molecule has 3 aromatic heterocycles. The highest BCUT2D eigenvalue weighted by atomic mass is 32.2. The van der Waals surface area contributed by atoms with E-state index in [2.05, 4.69) is 15.3 Å². The third-order valence-corrected chi connectivity index (χ3v) is 6.51. The number of carbonyl (C=O) groups excluding carboxylic acids is 1. The first-order valence-corrected chi connectivity index (χ1v) is 11.9. The van der Waals surface area contributed by atoms with Crippen molar-refractivity contribution in [3.05, 3.63) is 63.0 Å². The second-order valence-corrected chi connectivity index (χ2v) is 8.78. The van der Waals surface area contributed by atoms with Gasteiger partial charge in [0.05, 0.1) is 26.2 Å². The third kappa shape index (κ3) is 4.98. The van der Waals surface area contributed by atoms with E-state index in [1.54, 1.807) is 26.4 Å². The molecule has 0 radical (unpaired) electrons. The number of benzene rings is 1. The molecule has 1 aromatic carbocycles. The van der Waals surface area contributed by atoms with Crippen LogP contribution < -0.4 is 26.0 Å². The van der Waals surface area contributed by atoms with Crippen LogP contribution in [0.2, 0.25) is 0 Å². The summed E-state index contributed by atoms with van der Waals surface area (Å²) in [6.45, 7) is 0.410. The lowest BCUT2D eigenvalue weighted by Gasteiger charge is -2.12. The van der Waals surface area contributed by atoms with E-state index >= 15 is 0 Å². The van der Waals surface area contributed by atoms with E-state index in [9.17, 15) is 14.4 Å². The Morgan fingerprint density at radius 1 is 1.08 bits per heavy atom. The number of aryl methyl sites for hydroxylation is 1. The van der Waals surface area contributed by atoms with Crippen LogP contribution in [0.15, 0.2) is 55.6 Å². The largest absolute Gasteiger partial charge is 0.493 e. The molecule has 1 N–H and O–H groups in total. The number of fused-ring (bicyclic) bond motifs is 1. The molecule has 11 nitrogen and oxygen atoms in total. The van der Waals surface area contributed by atoms with Crippen molar-refractivity contribution in [3.8, 4) is 23.1 Å². The summed E-state index contributed by atoms with van der Waals surface area (Å²) in [5, 5.41) is 3.33. The minimum atomic E-state index is -0.532. The Balaban J connectivity index is 1.52. The number of hydrogen-bond acceptors (Lipinski definition) is 9. The van der Waals surface area contributed by atoms with Crippen LogP contribution in [0.3, 0.4) is 0 Å². The highest BCUT2D eigenvalue weighted by Crippen LogP contribution is 2.28. The Kier molecular flexibility index (Phi) is 7.44. The fourth-order valence-electron chi connectivity index (χ4n) is 3.62. The molecule has 0 unspecified atom stereocenters. The van der Waals surface area contributed by atoms with Crippen LogP contribution in [0.5, 0.6) is 11.5 Å². The fraction of sp³-hybridized carbons (Fsp3) is 0.292. The molecule has 0 spiro atoms. The molecule has 3 heterocycles. The zero-order valence-corrected chi connectivity index (χ0v) is 21.0. The Bertz CT molecular complexity index is 1530. The number of nitrogens with one attached hydrogen (secondary N) is 1. The number of thioether (sulfide) groups is 1. The maximum Gasteiger partial charge on any atom is 0.332 e. The van der Waals surface area contributed by atoms with Crippen molar-refractivity contribution in [1.82, 2.24) is 24.4 Å². The van der Waals surface area contributed by atoms with Gasteiger partial charge >= 0.3 is 5.69 Å². The van der Waals surface area contributed by atoms with Crippen LogP contribution in [0.25, 0.3) is 22.6 Å². The maximum absolute atomic E-state index is 12.9. The van der Waals surface area contributed by atoms with Crippen molar-refractivity contribution in [1.29, 1.82) is 0 Å². The molecule has 0 atom stereocenters. The van der Waals surface area contributed by atoms with E-state index < -0.39 is 11.2 Å². The number of rotatable bonds is 9. The van der Waals surface area contributed by atoms with Crippen LogP contribution in [-0.4, -0.2) is 51.5 Å². The van der Waals surface area contributed by atoms with Crippen LogP contribution in [0.1, 0.15) is 5.56 Å². The first kappa shape index (κ1) is 25.0. The molecule has 0 saturated carbocycles. The number of carbonyl (C=O) groups is 1. The lowest BCUT2D eigenvalue weighted by Crippen LogP contribution is -2.37. The summed E-state index contributed by atoms with van der Waals surface area (Å²) in [5.41, 5.74) is 0.103. The van der Waals surface area contributed by atoms with Gasteiger partial charge in [-0.3, -0.25) is 18.7 Å². The van der Waals surface area contributed by atoms with Gasteiger partial charge in [-0.05, 0) is 36.2 Å². The van der Waals surface area contributed by atoms with Gasteiger partial charge in [0, 0.05) is 20.6 Å². The van der Waals surface area contributed by atoms with Crippen molar-refractivity contribution in [3.63, 3.8) is 0 Å². The number of hydrogen-bond donors (Lipinski definition) is 1. The monoisotopic (exact) mass is 511 g/mol. The molecule has 36 heavy (non-hydrogen) atoms. The summed E-state index contributed by atoms with van der Waals surface area (Å²) in [4.78, 5) is 46.8. The molecule has 0 saturated heterocycles. The van der Waals surface area contributed by atoms with E-state index in [1.165, 1.54) is 24.9 Å². The standard InChI is InChI=1S/C24H25N5O6S/c1-28-21-19(23(31)29(2)24(28)32)22(27-20(26-21)16-6-5-11-35-16)36-13-18(30)25-10-9-14-7-8-15(33-3)17(12-14)34-4/h5-8,11-12H,9-10,13H2,1-4H3,(H,25,30). The molecule has 4 rings (SSSR count). The normalized spacial score (nSPS) is 11.0. The summed E-state index contributed by atoms with van der Waals surface area (Å²) < 4.78 is 18.2. The average molecular weight is 512 g/mol. The zero-order chi connectivity index (χ0) is 25.8. The van der Waals surface area contributed by atoms with Gasteiger partial charge in [0.25, 0.3) is 5.56 Å². The quantitative estimate of drug-likeness (QED) is 0.264. The van der Waals surface area contributed by atoms with E-state index in [1.807, 2.05) is 18.2 Å². The molecular formula is C24H25N5O6S. The summed E-state index contributed by atoms with van der Waals surface area (Å²) in [7, 11) is 6.06. The van der Waals surface area contributed by atoms with Crippen molar-refractivity contribution in [2.75, 3.05) is 26.5 Å². The molecule has 4 aromatic rings. The number of nitrogens with zero attached hydrogens (tertiary/aromatic N) is 4. The number of aromatic nitrogens is 4. The van der Waals surface area contributed by atoms with Crippen molar-refractivity contribution < 1.29 is 18.7 Å². The summed E-state index contributed by atoms with van der Waals surface area (Å²) in [6, 6.07) is 8.95. The van der Waals surface area contributed by atoms with Gasteiger partial charge in [-0.25, -0.2) is 14.8 Å². The third-order valence-electron chi connectivity index (χ3n) is 5.53. The molecule has 1 amide bonds. The lowest BCUT2D eigenvalue weighted by molar-refractivity contribution is -0.118. The van der Waals surface area contributed by atoms with Crippen molar-refractivity contribution in [2.24, 2.45) is 14.1 Å². The molecule has 188 valence electrons. The van der Waals surface area contributed by atoms with E-state index in [0.717, 1.165) is 21.9 Å². The van der Waals surface area contributed by atoms with E-state index in [0.29, 0.717) is 30.2 Å². The molecule has 0 aliphatic carbocycles. The van der Waals surface area contributed by atoms with Crippen LogP contribution in [-0.2, 0) is 25.3 Å². The Morgan fingerprint density at radius 2 is 1.86 bits per heavy atom. The number of furan rings is 1. The van der Waals surface area contributed by atoms with Gasteiger partial charge < -0.3 is 19.2 Å². The topological polar surface area (TPSA) is 130 Å². The predicted octanol–water partition coefficient (Wildman–Crippen LogP) is 1.76. The predicted molar refractivity (Wildman–Crippen MR) is 135 cm³/mol. The Hall–Kier alpha value is -4.06. The smallest absolute Gasteiger partial charge is 0.332 e. The minimum Gasteiger partial charge on any atom is -0.493 e. The molecular weight excluding hydrogens is 486 g/mol. The molecule has 0 fully saturated rings. The molecule has 12 heteroatoms. The van der Waals surface area contributed by atoms with Crippen molar-refractivity contribution in [2.45, 2.75) is 11.4 Å². The van der Waals surface area contributed by atoms with Crippen LogP contribution >= 0.6 is 11.8 Å². The van der Waals surface area contributed by atoms with Gasteiger partial charge in [-0.2, -0.15) is 0 Å². The van der Waals surface area contributed by atoms with Gasteiger partial charge in [-0.1, -0.05) is 17.8 Å². The van der Waals surface area contributed by atoms with Crippen LogP contribution in [0, 0.1) is 0 Å². The van der Waals surface area contributed by atoms with Gasteiger partial charge in [0.1, 0.15) is 10.4 Å². The Morgan fingerprint density at radius 3 is 2.56 bits per heavy atom. The summed E-state index contributed by atoms with van der Waals surface area (Å²) in [5.74, 6) is 1.64. The molecule has 0 aliphatic heterocycles. The molecule has 0 bridgehead atoms. The second-order valence-electron chi connectivity index (χ2n) is 7.81. The SMILES string of the molecule is COc1ccc(CCNC(=O)CSc2nc(-c3ccco3)nc3c2c(=O)n(C)c(=O)n3C)cc1OC. The number of methoxy groups -OCH3 is 2. The van der Waals surface area contributed by atoms with Crippen LogP contribution in [0.4, 0.5) is 0 Å². The second kappa shape index (κ2) is 10.7. The summed E-state index contributed by atoms with van der Waals surface area (Å²) in [6.07, 6.45) is 2.07. The maximum atomic E-state index is 12.9. The van der Waals surface area contributed by atoms with E-state index in [-0.39, 0.29) is 33.5 Å². The minimum absolute atomic E-state index is 0.0155. The van der Waals surface area contributed by atoms with Gasteiger partial charge in [-0.15, -0.1) is 0 Å². The highest BCUT2D eigenvalue weighted by molar-refractivity contribution is 8.00. The van der Waals surface area contributed by atoms with Crippen molar-refractivity contribution >= 4 is 28.7 Å². The molecule has 0 aliphatic rings. The zero-order valence-electron chi connectivity index (χ0n) is 20.2. The average Bonchev–Trinajstić information content (AvgIpc) is 3.44. The lowest BCUT2D eigenvalue weighted by atomic mass is 10.1. The highest BCUT2D eigenvalue weighted by Gasteiger charge is 2.20. The first-order chi connectivity index (χ1) is 17.3.